The van der Waals surface area contributed by atoms with Gasteiger partial charge in [-0.05, 0) is 46.1 Å². The fourth-order valence-corrected chi connectivity index (χ4v) is 3.36. The zero-order valence-electron chi connectivity index (χ0n) is 12.5. The first-order chi connectivity index (χ1) is 9.75. The lowest BCUT2D eigenvalue weighted by molar-refractivity contribution is 0.0699. The van der Waals surface area contributed by atoms with Crippen molar-refractivity contribution in [2.24, 2.45) is 0 Å². The second kappa shape index (κ2) is 6.01. The maximum Gasteiger partial charge on any atom is 0.270 e. The molecule has 1 aromatic rings. The van der Waals surface area contributed by atoms with Gasteiger partial charge in [-0.25, -0.2) is 8.42 Å². The Morgan fingerprint density at radius 2 is 2.10 bits per heavy atom. The predicted molar refractivity (Wildman–Crippen MR) is 82.2 cm³/mol. The van der Waals surface area contributed by atoms with Gasteiger partial charge in [-0.15, -0.1) is 0 Å². The van der Waals surface area contributed by atoms with E-state index < -0.39 is 9.05 Å². The van der Waals surface area contributed by atoms with Crippen molar-refractivity contribution in [1.82, 2.24) is 9.47 Å². The van der Waals surface area contributed by atoms with Crippen LogP contribution in [-0.2, 0) is 9.05 Å². The summed E-state index contributed by atoms with van der Waals surface area (Å²) in [5.41, 5.74) is 0.412. The van der Waals surface area contributed by atoms with Crippen LogP contribution in [0.15, 0.2) is 17.2 Å². The molecule has 1 aliphatic carbocycles. The summed E-state index contributed by atoms with van der Waals surface area (Å²) < 4.78 is 24.9. The van der Waals surface area contributed by atoms with Crippen LogP contribution in [0.5, 0.6) is 0 Å². The Labute approximate surface area is 130 Å². The fourth-order valence-electron chi connectivity index (χ4n) is 2.62. The van der Waals surface area contributed by atoms with Gasteiger partial charge in [0.25, 0.3) is 15.0 Å². The first kappa shape index (κ1) is 16.4. The molecule has 0 spiro atoms. The van der Waals surface area contributed by atoms with E-state index in [9.17, 15) is 13.2 Å². The Bertz CT molecular complexity index is 633. The van der Waals surface area contributed by atoms with Crippen LogP contribution in [-0.4, -0.2) is 36.4 Å². The Balaban J connectivity index is 2.45. The van der Waals surface area contributed by atoms with Gasteiger partial charge in [-0.3, -0.25) is 4.79 Å². The van der Waals surface area contributed by atoms with Crippen LogP contribution in [0.25, 0.3) is 0 Å². The lowest BCUT2D eigenvalue weighted by Gasteiger charge is -2.31. The number of carbonyl (C=O) groups is 1. The molecule has 0 atom stereocenters. The molecule has 0 bridgehead atoms. The Kier molecular flexibility index (Phi) is 4.68. The van der Waals surface area contributed by atoms with Gasteiger partial charge in [0.15, 0.2) is 0 Å². The van der Waals surface area contributed by atoms with Crippen molar-refractivity contribution in [3.8, 4) is 0 Å². The Morgan fingerprint density at radius 1 is 1.48 bits per heavy atom. The van der Waals surface area contributed by atoms with E-state index >= 15 is 0 Å². The summed E-state index contributed by atoms with van der Waals surface area (Å²) in [5, 5.41) is 0. The third kappa shape index (κ3) is 3.26. The highest BCUT2D eigenvalue weighted by molar-refractivity contribution is 8.13. The zero-order valence-corrected chi connectivity index (χ0v) is 14.1. The highest BCUT2D eigenvalue weighted by Gasteiger charge is 2.29. The first-order valence-electron chi connectivity index (χ1n) is 7.23. The number of aromatic nitrogens is 1. The lowest BCUT2D eigenvalue weighted by atomic mass is 9.93. The monoisotopic (exact) mass is 332 g/mol. The van der Waals surface area contributed by atoms with E-state index in [4.69, 9.17) is 10.7 Å². The normalized spacial score (nSPS) is 16.0. The van der Waals surface area contributed by atoms with Crippen LogP contribution in [0.3, 0.4) is 0 Å². The fraction of sp³-hybridized carbons (Fsp3) is 0.643. The second-order valence-corrected chi connectivity index (χ2v) is 8.24. The molecule has 0 aliphatic heterocycles. The van der Waals surface area contributed by atoms with Crippen molar-refractivity contribution in [2.75, 3.05) is 6.54 Å². The largest absolute Gasteiger partial charge is 0.339 e. The third-order valence-corrected chi connectivity index (χ3v) is 5.34. The van der Waals surface area contributed by atoms with Crippen molar-refractivity contribution in [3.63, 3.8) is 0 Å². The standard InChI is InChI=1S/C14H21ClN2O3S/c1-4-16(10(2)3)14(18)13-8-12(21(15,19)20)9-17(13)11-6-5-7-11/h8-11H,4-7H2,1-3H3. The van der Waals surface area contributed by atoms with Crippen LogP contribution in [0, 0.1) is 0 Å². The van der Waals surface area contributed by atoms with E-state index in [1.165, 1.54) is 12.3 Å². The maximum atomic E-state index is 12.7. The smallest absolute Gasteiger partial charge is 0.270 e. The minimum Gasteiger partial charge on any atom is -0.339 e. The molecule has 2 rings (SSSR count). The summed E-state index contributed by atoms with van der Waals surface area (Å²) in [5.74, 6) is -0.147. The Morgan fingerprint density at radius 3 is 2.48 bits per heavy atom. The van der Waals surface area contributed by atoms with E-state index in [0.717, 1.165) is 19.3 Å². The van der Waals surface area contributed by atoms with Crippen LogP contribution >= 0.6 is 10.7 Å². The van der Waals surface area contributed by atoms with Crippen molar-refractivity contribution >= 4 is 25.6 Å². The molecule has 0 saturated heterocycles. The molecule has 0 unspecified atom stereocenters. The molecule has 1 fully saturated rings. The molecule has 1 saturated carbocycles. The third-order valence-electron chi connectivity index (χ3n) is 4.02. The second-order valence-electron chi connectivity index (χ2n) is 5.68. The summed E-state index contributed by atoms with van der Waals surface area (Å²) in [6, 6.07) is 1.65. The summed E-state index contributed by atoms with van der Waals surface area (Å²) in [4.78, 5) is 14.4. The minimum absolute atomic E-state index is 0.000717. The molecule has 1 aliphatic rings. The van der Waals surface area contributed by atoms with Gasteiger partial charge in [0.2, 0.25) is 0 Å². The van der Waals surface area contributed by atoms with E-state index in [-0.39, 0.29) is 22.9 Å². The van der Waals surface area contributed by atoms with Gasteiger partial charge in [0.05, 0.1) is 0 Å². The number of amides is 1. The molecular formula is C14H21ClN2O3S. The van der Waals surface area contributed by atoms with Gasteiger partial charge in [-0.2, -0.15) is 0 Å². The highest BCUT2D eigenvalue weighted by atomic mass is 35.7. The van der Waals surface area contributed by atoms with Crippen LogP contribution in [0.4, 0.5) is 0 Å². The highest BCUT2D eigenvalue weighted by Crippen LogP contribution is 2.35. The van der Waals surface area contributed by atoms with Gasteiger partial charge < -0.3 is 9.47 Å². The zero-order chi connectivity index (χ0) is 15.8. The molecule has 1 amide bonds. The quantitative estimate of drug-likeness (QED) is 0.779. The van der Waals surface area contributed by atoms with E-state index in [2.05, 4.69) is 0 Å². The molecule has 1 heterocycles. The Hall–Kier alpha value is -1.01. The minimum atomic E-state index is -3.83. The topological polar surface area (TPSA) is 59.4 Å². The van der Waals surface area contributed by atoms with Crippen molar-refractivity contribution in [1.29, 1.82) is 0 Å². The molecule has 1 aromatic heterocycles. The van der Waals surface area contributed by atoms with E-state index in [1.807, 2.05) is 20.8 Å². The van der Waals surface area contributed by atoms with Gasteiger partial charge >= 0.3 is 0 Å². The number of hydrogen-bond donors (Lipinski definition) is 0. The van der Waals surface area contributed by atoms with Gasteiger partial charge in [-0.1, -0.05) is 0 Å². The number of halogens is 1. The molecule has 0 N–H and O–H groups in total. The van der Waals surface area contributed by atoms with Gasteiger partial charge in [0.1, 0.15) is 10.6 Å². The number of nitrogens with zero attached hydrogens (tertiary/aromatic N) is 2. The number of rotatable bonds is 5. The SMILES string of the molecule is CCN(C(=O)c1cc(S(=O)(=O)Cl)cn1C1CCC1)C(C)C. The van der Waals surface area contributed by atoms with Gasteiger partial charge in [0, 0.05) is 35.5 Å². The van der Waals surface area contributed by atoms with Crippen molar-refractivity contribution in [3.05, 3.63) is 18.0 Å². The van der Waals surface area contributed by atoms with E-state index in [1.54, 1.807) is 9.47 Å². The van der Waals surface area contributed by atoms with Crippen LogP contribution < -0.4 is 0 Å². The predicted octanol–water partition coefficient (Wildman–Crippen LogP) is 3.01. The summed E-state index contributed by atoms with van der Waals surface area (Å²) in [7, 11) is 1.60. The lowest BCUT2D eigenvalue weighted by Crippen LogP contribution is -2.38. The van der Waals surface area contributed by atoms with Crippen LogP contribution in [0.1, 0.15) is 56.6 Å². The van der Waals surface area contributed by atoms with Crippen molar-refractivity contribution < 1.29 is 13.2 Å². The molecule has 5 nitrogen and oxygen atoms in total. The summed E-state index contributed by atoms with van der Waals surface area (Å²) in [6.07, 6.45) is 4.52. The molecule has 118 valence electrons. The first-order valence-corrected chi connectivity index (χ1v) is 9.54. The summed E-state index contributed by atoms with van der Waals surface area (Å²) >= 11 is 0. The summed E-state index contributed by atoms with van der Waals surface area (Å²) in [6.45, 7) is 6.37. The molecular weight excluding hydrogens is 312 g/mol. The average Bonchev–Trinajstić information content (AvgIpc) is 2.71. The molecule has 0 aromatic carbocycles. The van der Waals surface area contributed by atoms with E-state index in [0.29, 0.717) is 12.2 Å². The van der Waals surface area contributed by atoms with Crippen LogP contribution in [0.2, 0.25) is 0 Å². The number of hydrogen-bond acceptors (Lipinski definition) is 3. The number of carbonyl (C=O) groups excluding carboxylic acids is 1. The molecule has 21 heavy (non-hydrogen) atoms. The maximum absolute atomic E-state index is 12.7. The van der Waals surface area contributed by atoms with Crippen molar-refractivity contribution in [2.45, 2.75) is 57.0 Å². The average molecular weight is 333 g/mol. The molecule has 0 radical (unpaired) electrons. The molecule has 7 heteroatoms.